The van der Waals surface area contributed by atoms with E-state index in [0.29, 0.717) is 23.7 Å². The van der Waals surface area contributed by atoms with Gasteiger partial charge in [0.1, 0.15) is 5.75 Å². The summed E-state index contributed by atoms with van der Waals surface area (Å²) in [4.78, 5) is 0. The fourth-order valence-corrected chi connectivity index (χ4v) is 6.73. The molecular formula is C10H19N2O4S3+. The summed E-state index contributed by atoms with van der Waals surface area (Å²) in [5, 5.41) is 6.39. The van der Waals surface area contributed by atoms with Gasteiger partial charge in [0.15, 0.2) is 20.7 Å². The maximum atomic E-state index is 11.5. The van der Waals surface area contributed by atoms with Crippen LogP contribution >= 0.6 is 12.2 Å². The number of rotatable bonds is 2. The Morgan fingerprint density at radius 3 is 2.68 bits per heavy atom. The molecule has 2 saturated heterocycles. The quantitative estimate of drug-likeness (QED) is 0.476. The maximum Gasteiger partial charge on any atom is 0.216 e. The highest BCUT2D eigenvalue weighted by Gasteiger charge is 2.41. The van der Waals surface area contributed by atoms with E-state index in [1.54, 1.807) is 0 Å². The van der Waals surface area contributed by atoms with Gasteiger partial charge in [0.25, 0.3) is 0 Å². The molecule has 110 valence electrons. The molecule has 3 N–H and O–H groups in total. The van der Waals surface area contributed by atoms with Crippen LogP contribution in [0.4, 0.5) is 0 Å². The molecule has 19 heavy (non-hydrogen) atoms. The van der Waals surface area contributed by atoms with E-state index in [-0.39, 0.29) is 23.3 Å². The van der Waals surface area contributed by atoms with E-state index in [1.807, 2.05) is 6.92 Å². The Labute approximate surface area is 119 Å². The van der Waals surface area contributed by atoms with Crippen LogP contribution in [0.15, 0.2) is 0 Å². The standard InChI is InChI=1S/C10H18N2O4S3/c1-10(3-5-19(15,16)7-10)12-9(17)11-8-2-4-18(13,14)6-8/h8H,2-7H2,1H3,(H2-,11,12,13,14,17)/p+1/t8-,10+/m1/s1. The Kier molecular flexibility index (Phi) is 3.94. The molecule has 9 heteroatoms. The van der Waals surface area contributed by atoms with Crippen molar-refractivity contribution < 1.29 is 17.2 Å². The second-order valence-corrected chi connectivity index (χ2v) is 10.5. The highest BCUT2D eigenvalue weighted by Crippen LogP contribution is 2.23. The van der Waals surface area contributed by atoms with Crippen molar-refractivity contribution in [2.75, 3.05) is 23.0 Å². The molecule has 0 spiro atoms. The maximum absolute atomic E-state index is 11.5. The molecule has 3 atom stereocenters. The van der Waals surface area contributed by atoms with Crippen molar-refractivity contribution >= 4 is 37.4 Å². The predicted molar refractivity (Wildman–Crippen MR) is 79.4 cm³/mol. The lowest BCUT2D eigenvalue weighted by Gasteiger charge is -2.26. The smallest absolute Gasteiger partial charge is 0.216 e. The first-order valence-corrected chi connectivity index (χ1v) is 10.2. The minimum atomic E-state index is -2.98. The van der Waals surface area contributed by atoms with Gasteiger partial charge in [-0.3, -0.25) is 0 Å². The van der Waals surface area contributed by atoms with E-state index in [1.165, 1.54) is 0 Å². The number of thiocarbonyl (C=S) groups is 1. The summed E-state index contributed by atoms with van der Waals surface area (Å²) in [7, 11) is -5.68. The van der Waals surface area contributed by atoms with Crippen molar-refractivity contribution in [3.63, 3.8) is 0 Å². The summed E-state index contributed by atoms with van der Waals surface area (Å²) in [6, 6.07) is -0.112. The average Bonchev–Trinajstić information content (AvgIpc) is 2.66. The van der Waals surface area contributed by atoms with Crippen LogP contribution in [0, 0.1) is 0 Å². The van der Waals surface area contributed by atoms with E-state index < -0.39 is 25.6 Å². The van der Waals surface area contributed by atoms with Crippen molar-refractivity contribution in [3.8, 4) is 0 Å². The van der Waals surface area contributed by atoms with Gasteiger partial charge in [0, 0.05) is 6.42 Å². The second kappa shape index (κ2) is 4.94. The van der Waals surface area contributed by atoms with E-state index in [0.717, 1.165) is 0 Å². The SMILES string of the molecule is C[C@]1(NC(=S)N[C@@H]2CC[S+](=O)(O)C2)CCS(=O)(=O)C1. The molecule has 0 saturated carbocycles. The van der Waals surface area contributed by atoms with Crippen LogP contribution in [0.3, 0.4) is 0 Å². The lowest BCUT2D eigenvalue weighted by atomic mass is 10.0. The Balaban J connectivity index is 1.87. The molecule has 0 amide bonds. The van der Waals surface area contributed by atoms with Gasteiger partial charge in [0.2, 0.25) is 10.2 Å². The zero-order valence-corrected chi connectivity index (χ0v) is 13.2. The number of hydrogen-bond acceptors (Lipinski definition) is 4. The summed E-state index contributed by atoms with van der Waals surface area (Å²) in [6.07, 6.45) is 1.13. The van der Waals surface area contributed by atoms with Crippen LogP contribution in [0.25, 0.3) is 0 Å². The van der Waals surface area contributed by atoms with Gasteiger partial charge in [0.05, 0.1) is 23.1 Å². The van der Waals surface area contributed by atoms with Crippen LogP contribution in [0.1, 0.15) is 19.8 Å². The van der Waals surface area contributed by atoms with Crippen LogP contribution in [-0.4, -0.2) is 52.7 Å². The molecule has 2 fully saturated rings. The zero-order chi connectivity index (χ0) is 14.3. The fourth-order valence-electron chi connectivity index (χ4n) is 2.53. The summed E-state index contributed by atoms with van der Waals surface area (Å²) in [6.45, 7) is 1.83. The van der Waals surface area contributed by atoms with Gasteiger partial charge < -0.3 is 10.6 Å². The average molecular weight is 327 g/mol. The first-order chi connectivity index (χ1) is 8.59. The summed E-state index contributed by atoms with van der Waals surface area (Å²) in [5.41, 5.74) is -0.540. The van der Waals surface area contributed by atoms with Gasteiger partial charge in [-0.05, 0) is 25.6 Å². The van der Waals surface area contributed by atoms with Gasteiger partial charge in [-0.2, -0.15) is 4.55 Å². The van der Waals surface area contributed by atoms with Crippen molar-refractivity contribution in [3.05, 3.63) is 0 Å². The van der Waals surface area contributed by atoms with Gasteiger partial charge >= 0.3 is 0 Å². The number of sulfone groups is 1. The Hall–Kier alpha value is -0.250. The van der Waals surface area contributed by atoms with Crippen molar-refractivity contribution in [1.29, 1.82) is 0 Å². The number of hydrogen-bond donors (Lipinski definition) is 3. The third kappa shape index (κ3) is 4.11. The van der Waals surface area contributed by atoms with Crippen molar-refractivity contribution in [2.24, 2.45) is 0 Å². The Morgan fingerprint density at radius 2 is 2.21 bits per heavy atom. The van der Waals surface area contributed by atoms with Crippen LogP contribution in [-0.2, 0) is 24.3 Å². The van der Waals surface area contributed by atoms with Crippen LogP contribution in [0.2, 0.25) is 0 Å². The third-order valence-corrected chi connectivity index (χ3v) is 7.42. The highest BCUT2D eigenvalue weighted by molar-refractivity contribution is 7.98. The molecule has 1 unspecified atom stereocenters. The normalized spacial score (nSPS) is 41.1. The predicted octanol–water partition coefficient (Wildman–Crippen LogP) is -0.227. The second-order valence-electron chi connectivity index (χ2n) is 5.63. The highest BCUT2D eigenvalue weighted by atomic mass is 32.3. The minimum Gasteiger partial charge on any atom is -0.357 e. The van der Waals surface area contributed by atoms with E-state index in [2.05, 4.69) is 10.6 Å². The van der Waals surface area contributed by atoms with Gasteiger partial charge in [-0.25, -0.2) is 8.42 Å². The largest absolute Gasteiger partial charge is 0.357 e. The van der Waals surface area contributed by atoms with E-state index >= 15 is 0 Å². The van der Waals surface area contributed by atoms with Gasteiger partial charge in [-0.15, -0.1) is 0 Å². The van der Waals surface area contributed by atoms with Gasteiger partial charge in [-0.1, -0.05) is 4.21 Å². The summed E-state index contributed by atoms with van der Waals surface area (Å²) in [5.74, 6) is 0.735. The monoisotopic (exact) mass is 327 g/mol. The fraction of sp³-hybridized carbons (Fsp3) is 0.900. The molecule has 0 radical (unpaired) electrons. The zero-order valence-electron chi connectivity index (χ0n) is 10.7. The van der Waals surface area contributed by atoms with Crippen LogP contribution < -0.4 is 10.6 Å². The first-order valence-electron chi connectivity index (χ1n) is 6.10. The molecule has 6 nitrogen and oxygen atoms in total. The van der Waals surface area contributed by atoms with E-state index in [9.17, 15) is 17.2 Å². The topological polar surface area (TPSA) is 95.5 Å². The molecule has 0 bridgehead atoms. The molecule has 2 aliphatic rings. The molecule has 2 rings (SSSR count). The molecule has 0 aliphatic carbocycles. The first kappa shape index (κ1) is 15.1. The lowest BCUT2D eigenvalue weighted by Crippen LogP contribution is -2.53. The Morgan fingerprint density at radius 1 is 1.53 bits per heavy atom. The lowest BCUT2D eigenvalue weighted by molar-refractivity contribution is 0.464. The molecule has 0 aromatic rings. The van der Waals surface area contributed by atoms with Crippen molar-refractivity contribution in [2.45, 2.75) is 31.3 Å². The van der Waals surface area contributed by atoms with Crippen LogP contribution in [0.5, 0.6) is 0 Å². The summed E-state index contributed by atoms with van der Waals surface area (Å²) < 4.78 is 43.8. The van der Waals surface area contributed by atoms with E-state index in [4.69, 9.17) is 12.2 Å². The Bertz CT molecular complexity index is 533. The molecule has 2 heterocycles. The summed E-state index contributed by atoms with van der Waals surface area (Å²) >= 11 is 5.16. The molecule has 2 aliphatic heterocycles. The number of nitrogens with one attached hydrogen (secondary N) is 2. The molecule has 0 aromatic heterocycles. The minimum absolute atomic E-state index is 0.0726. The molecule has 0 aromatic carbocycles. The van der Waals surface area contributed by atoms with Crippen molar-refractivity contribution in [1.82, 2.24) is 10.6 Å². The third-order valence-electron chi connectivity index (χ3n) is 3.50. The molecular weight excluding hydrogens is 308 g/mol.